The number of carbonyl (C=O) groups is 2. The second-order valence-electron chi connectivity index (χ2n) is 14.0. The third-order valence-electron chi connectivity index (χ3n) is 9.76. The van der Waals surface area contributed by atoms with E-state index in [1.807, 2.05) is 96.7 Å². The topological polar surface area (TPSA) is 166 Å². The summed E-state index contributed by atoms with van der Waals surface area (Å²) in [6.07, 6.45) is 2.44. The number of aryl methyl sites for hydroxylation is 2. The van der Waals surface area contributed by atoms with Crippen molar-refractivity contribution in [2.75, 3.05) is 49.3 Å². The van der Waals surface area contributed by atoms with Gasteiger partial charge < -0.3 is 15.1 Å². The van der Waals surface area contributed by atoms with Crippen molar-refractivity contribution in [2.24, 2.45) is 5.18 Å². The van der Waals surface area contributed by atoms with Crippen LogP contribution in [0.3, 0.4) is 0 Å². The highest BCUT2D eigenvalue weighted by molar-refractivity contribution is 7.90. The SMILES string of the molecule is CN(C)CCCNc1ccc(S(=O)(=O)NC(=O)c2nc(N3CCc4cccc(C(=O)Nc5nc6ccccc6s5)c4C3)ccc2CCc2ccccc2)cc1N=O. The predicted octanol–water partition coefficient (Wildman–Crippen LogP) is 7.17. The molecule has 3 N–H and O–H groups in total. The summed E-state index contributed by atoms with van der Waals surface area (Å²) in [5.41, 5.74) is 5.08. The number of sulfonamides is 1. The molecule has 0 fully saturated rings. The second kappa shape index (κ2) is 17.4. The fraction of sp³-hybridized carbons (Fsp3) is 0.238. The van der Waals surface area contributed by atoms with Crippen LogP contribution in [-0.4, -0.2) is 68.8 Å². The molecular weight excluding hydrogens is 761 g/mol. The maximum atomic E-state index is 14.0. The second-order valence-corrected chi connectivity index (χ2v) is 16.7. The Morgan fingerprint density at radius 1 is 0.895 bits per heavy atom. The number of nitrogens with zero attached hydrogens (tertiary/aromatic N) is 5. The number of carbonyl (C=O) groups excluding carboxylic acids is 2. The number of rotatable bonds is 15. The molecule has 0 unspecified atom stereocenters. The monoisotopic (exact) mass is 802 g/mol. The van der Waals surface area contributed by atoms with Gasteiger partial charge >= 0.3 is 0 Å². The minimum atomic E-state index is -4.44. The summed E-state index contributed by atoms with van der Waals surface area (Å²) < 4.78 is 30.5. The molecule has 292 valence electrons. The predicted molar refractivity (Wildman–Crippen MR) is 225 cm³/mol. The van der Waals surface area contributed by atoms with Gasteiger partial charge in [-0.05, 0) is 116 Å². The fourth-order valence-corrected chi connectivity index (χ4v) is 8.64. The van der Waals surface area contributed by atoms with E-state index in [1.165, 1.54) is 23.5 Å². The summed E-state index contributed by atoms with van der Waals surface area (Å²) >= 11 is 1.41. The molecule has 4 aromatic carbocycles. The first-order chi connectivity index (χ1) is 27.6. The molecule has 0 bridgehead atoms. The molecule has 0 saturated heterocycles. The lowest BCUT2D eigenvalue weighted by atomic mass is 9.94. The maximum Gasteiger partial charge on any atom is 0.283 e. The molecule has 15 heteroatoms. The van der Waals surface area contributed by atoms with E-state index in [9.17, 15) is 22.9 Å². The minimum absolute atomic E-state index is 0.0346. The maximum absolute atomic E-state index is 14.0. The van der Waals surface area contributed by atoms with E-state index in [0.717, 1.165) is 45.9 Å². The van der Waals surface area contributed by atoms with Gasteiger partial charge in [0, 0.05) is 25.2 Å². The van der Waals surface area contributed by atoms with Crippen LogP contribution >= 0.6 is 11.3 Å². The van der Waals surface area contributed by atoms with Crippen molar-refractivity contribution in [3.05, 3.63) is 142 Å². The summed E-state index contributed by atoms with van der Waals surface area (Å²) in [6.45, 7) is 2.28. The molecule has 57 heavy (non-hydrogen) atoms. The number of hydrogen-bond donors (Lipinski definition) is 3. The Morgan fingerprint density at radius 3 is 2.49 bits per heavy atom. The smallest absolute Gasteiger partial charge is 0.283 e. The van der Waals surface area contributed by atoms with Crippen LogP contribution in [0.5, 0.6) is 0 Å². The molecule has 6 aromatic rings. The summed E-state index contributed by atoms with van der Waals surface area (Å²) in [7, 11) is -0.520. The van der Waals surface area contributed by atoms with Gasteiger partial charge in [0.2, 0.25) is 0 Å². The van der Waals surface area contributed by atoms with Gasteiger partial charge in [0.1, 0.15) is 17.2 Å². The van der Waals surface area contributed by atoms with E-state index in [4.69, 9.17) is 4.98 Å². The van der Waals surface area contributed by atoms with Crippen LogP contribution in [0, 0.1) is 4.91 Å². The largest absolute Gasteiger partial charge is 0.383 e. The Labute approximate surface area is 335 Å². The first kappa shape index (κ1) is 39.2. The van der Waals surface area contributed by atoms with Crippen LogP contribution in [0.25, 0.3) is 10.2 Å². The summed E-state index contributed by atoms with van der Waals surface area (Å²) in [6, 6.07) is 30.7. The number of nitroso groups, excluding NO2 is 1. The zero-order valence-electron chi connectivity index (χ0n) is 31.6. The molecule has 0 saturated carbocycles. The third-order valence-corrected chi connectivity index (χ3v) is 12.0. The van der Waals surface area contributed by atoms with Crippen molar-refractivity contribution >= 4 is 65.7 Å². The van der Waals surface area contributed by atoms with Crippen LogP contribution < -0.4 is 20.3 Å². The van der Waals surface area contributed by atoms with Crippen molar-refractivity contribution in [2.45, 2.75) is 37.1 Å². The standard InChI is InChI=1S/C42H42N8O5S2/c1-49(2)24-9-23-43-34-20-19-31(26-36(34)47-53)57(54,55)48-41(52)39-30(17-16-28-10-4-3-5-11-28)18-21-38(45-39)50-25-22-29-12-8-13-32(33(29)27-50)40(51)46-42-44-35-14-6-7-15-37(35)56-42/h3-8,10-15,18-21,26,43H,9,16-17,22-25,27H2,1-2H3,(H,48,52)(H,44,46,51). The molecule has 0 aliphatic carbocycles. The van der Waals surface area contributed by atoms with E-state index in [-0.39, 0.29) is 22.2 Å². The van der Waals surface area contributed by atoms with E-state index >= 15 is 0 Å². The van der Waals surface area contributed by atoms with Crippen LogP contribution in [0.1, 0.15) is 49.5 Å². The molecule has 1 aliphatic rings. The molecule has 13 nitrogen and oxygen atoms in total. The average molecular weight is 803 g/mol. The lowest BCUT2D eigenvalue weighted by Crippen LogP contribution is -2.35. The molecule has 3 heterocycles. The molecule has 0 spiro atoms. The number of hydrogen-bond acceptors (Lipinski definition) is 12. The first-order valence-electron chi connectivity index (χ1n) is 18.6. The quantitative estimate of drug-likeness (QED) is 0.0716. The number of nitrogens with one attached hydrogen (secondary N) is 3. The van der Waals surface area contributed by atoms with Crippen LogP contribution in [0.15, 0.2) is 113 Å². The molecule has 2 aromatic heterocycles. The average Bonchev–Trinajstić information content (AvgIpc) is 3.63. The molecule has 2 amide bonds. The van der Waals surface area contributed by atoms with Crippen molar-refractivity contribution in [1.82, 2.24) is 19.6 Å². The van der Waals surface area contributed by atoms with Gasteiger partial charge in [-0.2, -0.15) is 0 Å². The Kier molecular flexibility index (Phi) is 12.0. The summed E-state index contributed by atoms with van der Waals surface area (Å²) in [5, 5.41) is 9.64. The highest BCUT2D eigenvalue weighted by Gasteiger charge is 2.27. The molecule has 0 radical (unpaired) electrons. The van der Waals surface area contributed by atoms with Gasteiger partial charge in [-0.15, -0.1) is 4.91 Å². The normalized spacial score (nSPS) is 12.6. The van der Waals surface area contributed by atoms with Crippen molar-refractivity contribution in [3.8, 4) is 0 Å². The lowest BCUT2D eigenvalue weighted by Gasteiger charge is -2.31. The number of aromatic nitrogens is 2. The number of benzene rings is 4. The van der Waals surface area contributed by atoms with Crippen LogP contribution in [0.4, 0.5) is 22.3 Å². The number of amides is 2. The highest BCUT2D eigenvalue weighted by Crippen LogP contribution is 2.31. The third kappa shape index (κ3) is 9.34. The van der Waals surface area contributed by atoms with Gasteiger partial charge in [0.05, 0.1) is 20.8 Å². The Balaban J connectivity index is 1.13. The Bertz CT molecular complexity index is 2510. The molecule has 7 rings (SSSR count). The number of fused-ring (bicyclic) bond motifs is 2. The highest BCUT2D eigenvalue weighted by atomic mass is 32.2. The van der Waals surface area contributed by atoms with Gasteiger partial charge in [-0.25, -0.2) is 23.1 Å². The van der Waals surface area contributed by atoms with Gasteiger partial charge in [-0.1, -0.05) is 72.0 Å². The van der Waals surface area contributed by atoms with Crippen molar-refractivity contribution < 1.29 is 18.0 Å². The summed E-state index contributed by atoms with van der Waals surface area (Å²) in [5.74, 6) is -0.715. The Morgan fingerprint density at radius 2 is 1.70 bits per heavy atom. The molecule has 0 atom stereocenters. The van der Waals surface area contributed by atoms with Gasteiger partial charge in [0.25, 0.3) is 21.8 Å². The van der Waals surface area contributed by atoms with Gasteiger partial charge in [-0.3, -0.25) is 14.9 Å². The van der Waals surface area contributed by atoms with Crippen molar-refractivity contribution in [1.29, 1.82) is 0 Å². The first-order valence-corrected chi connectivity index (χ1v) is 20.9. The lowest BCUT2D eigenvalue weighted by molar-refractivity contribution is 0.0974. The molecular formula is C42H42N8O5S2. The zero-order valence-corrected chi connectivity index (χ0v) is 33.2. The fourth-order valence-electron chi connectivity index (χ4n) is 6.81. The van der Waals surface area contributed by atoms with Crippen molar-refractivity contribution in [3.63, 3.8) is 0 Å². The van der Waals surface area contributed by atoms with E-state index in [2.05, 4.69) is 25.5 Å². The van der Waals surface area contributed by atoms with Crippen LogP contribution in [-0.2, 0) is 35.8 Å². The Hall–Kier alpha value is -6.03. The van der Waals surface area contributed by atoms with E-state index in [1.54, 1.807) is 12.1 Å². The van der Waals surface area contributed by atoms with E-state index < -0.39 is 15.9 Å². The molecule has 1 aliphatic heterocycles. The summed E-state index contributed by atoms with van der Waals surface area (Å²) in [4.78, 5) is 52.5. The number of pyridine rings is 1. The number of para-hydroxylation sites is 1. The zero-order chi connectivity index (χ0) is 39.9. The van der Waals surface area contributed by atoms with Gasteiger partial charge in [0.15, 0.2) is 5.13 Å². The number of thiazole rings is 1. The van der Waals surface area contributed by atoms with E-state index in [0.29, 0.717) is 66.7 Å². The van der Waals surface area contributed by atoms with Crippen LogP contribution in [0.2, 0.25) is 0 Å². The minimum Gasteiger partial charge on any atom is -0.383 e. The number of anilines is 3.